The molecule has 4 N–H and O–H groups in total. The van der Waals surface area contributed by atoms with E-state index in [1.807, 2.05) is 42.5 Å². The van der Waals surface area contributed by atoms with Gasteiger partial charge in [-0.1, -0.05) is 48.0 Å². The number of piperazine rings is 1. The van der Waals surface area contributed by atoms with Crippen LogP contribution in [-0.2, 0) is 17.8 Å². The summed E-state index contributed by atoms with van der Waals surface area (Å²) in [6.07, 6.45) is 0.452. The molecule has 190 valence electrons. The summed E-state index contributed by atoms with van der Waals surface area (Å²) in [4.78, 5) is 21.5. The summed E-state index contributed by atoms with van der Waals surface area (Å²) >= 11 is 6.19. The lowest BCUT2D eigenvalue weighted by Crippen LogP contribution is -2.42. The molecule has 0 bridgehead atoms. The number of aryl methyl sites for hydroxylation is 1. The van der Waals surface area contributed by atoms with Crippen molar-refractivity contribution in [2.24, 2.45) is 4.99 Å². The van der Waals surface area contributed by atoms with Crippen LogP contribution < -0.4 is 5.32 Å². The molecule has 1 aliphatic heterocycles. The van der Waals surface area contributed by atoms with Crippen molar-refractivity contribution in [3.05, 3.63) is 94.0 Å². The molecule has 5 rings (SSSR count). The molecule has 0 amide bonds. The zero-order valence-corrected chi connectivity index (χ0v) is 21.1. The third-order valence-corrected chi connectivity index (χ3v) is 6.83. The van der Waals surface area contributed by atoms with E-state index in [9.17, 15) is 9.90 Å². The molecule has 0 spiro atoms. The van der Waals surface area contributed by atoms with E-state index in [0.29, 0.717) is 28.2 Å². The van der Waals surface area contributed by atoms with Crippen LogP contribution in [0.5, 0.6) is 5.88 Å². The second-order valence-electron chi connectivity index (χ2n) is 9.29. The average Bonchev–Trinajstić information content (AvgIpc) is 3.22. The molecule has 3 aromatic carbocycles. The van der Waals surface area contributed by atoms with Gasteiger partial charge in [-0.3, -0.25) is 9.69 Å². The molecule has 1 saturated heterocycles. The van der Waals surface area contributed by atoms with Gasteiger partial charge in [-0.25, -0.2) is 4.99 Å². The fourth-order valence-electron chi connectivity index (χ4n) is 4.72. The number of aliphatic imine (C=N–C) groups is 1. The number of carbonyl (C=O) groups is 1. The van der Waals surface area contributed by atoms with Crippen molar-refractivity contribution in [3.63, 3.8) is 0 Å². The summed E-state index contributed by atoms with van der Waals surface area (Å²) < 4.78 is 0. The van der Waals surface area contributed by atoms with Crippen LogP contribution >= 0.6 is 11.6 Å². The van der Waals surface area contributed by atoms with E-state index < -0.39 is 5.97 Å². The van der Waals surface area contributed by atoms with Gasteiger partial charge < -0.3 is 20.5 Å². The fourth-order valence-corrected chi connectivity index (χ4v) is 4.89. The van der Waals surface area contributed by atoms with Gasteiger partial charge in [-0.15, -0.1) is 0 Å². The van der Waals surface area contributed by atoms with Crippen LogP contribution in [0.2, 0.25) is 5.02 Å². The summed E-state index contributed by atoms with van der Waals surface area (Å²) in [5, 5.41) is 24.8. The lowest BCUT2D eigenvalue weighted by atomic mass is 9.97. The highest BCUT2D eigenvalue weighted by atomic mass is 35.5. The molecular weight excluding hydrogens is 488 g/mol. The van der Waals surface area contributed by atoms with Gasteiger partial charge in [0.15, 0.2) is 5.88 Å². The fraction of sp³-hybridized carbons (Fsp3) is 0.241. The van der Waals surface area contributed by atoms with Crippen LogP contribution in [0, 0.1) is 0 Å². The van der Waals surface area contributed by atoms with Crippen molar-refractivity contribution in [2.45, 2.75) is 19.4 Å². The Balaban J connectivity index is 1.54. The molecule has 7 nitrogen and oxygen atoms in total. The van der Waals surface area contributed by atoms with Crippen molar-refractivity contribution in [3.8, 4) is 5.88 Å². The Kier molecular flexibility index (Phi) is 7.55. The molecular formula is C29H29ClN4O3. The summed E-state index contributed by atoms with van der Waals surface area (Å²) in [5.74, 6) is -0.839. The number of aromatic amines is 1. The van der Waals surface area contributed by atoms with Crippen LogP contribution in [0.25, 0.3) is 10.9 Å². The van der Waals surface area contributed by atoms with Crippen LogP contribution in [0.4, 0.5) is 5.69 Å². The second kappa shape index (κ2) is 11.2. The second-order valence-corrected chi connectivity index (χ2v) is 9.72. The maximum atomic E-state index is 11.1. The summed E-state index contributed by atoms with van der Waals surface area (Å²) in [7, 11) is 0. The maximum absolute atomic E-state index is 11.1. The van der Waals surface area contributed by atoms with Crippen LogP contribution in [-0.4, -0.2) is 58.0 Å². The van der Waals surface area contributed by atoms with Crippen LogP contribution in [0.1, 0.15) is 28.7 Å². The van der Waals surface area contributed by atoms with Crippen molar-refractivity contribution in [1.29, 1.82) is 0 Å². The Hall–Kier alpha value is -3.65. The largest absolute Gasteiger partial charge is 0.494 e. The summed E-state index contributed by atoms with van der Waals surface area (Å²) in [5.41, 5.74) is 5.55. The molecule has 8 heteroatoms. The zero-order chi connectivity index (χ0) is 25.8. The highest BCUT2D eigenvalue weighted by Crippen LogP contribution is 2.33. The van der Waals surface area contributed by atoms with E-state index in [-0.39, 0.29) is 12.3 Å². The highest BCUT2D eigenvalue weighted by molar-refractivity contribution is 6.31. The highest BCUT2D eigenvalue weighted by Gasteiger charge is 2.19. The van der Waals surface area contributed by atoms with Gasteiger partial charge >= 0.3 is 5.97 Å². The number of aliphatic carboxylic acids is 1. The molecule has 0 aliphatic carbocycles. The van der Waals surface area contributed by atoms with Crippen molar-refractivity contribution >= 4 is 39.9 Å². The summed E-state index contributed by atoms with van der Waals surface area (Å²) in [6, 6.07) is 21.3. The van der Waals surface area contributed by atoms with E-state index in [1.165, 1.54) is 5.56 Å². The monoisotopic (exact) mass is 516 g/mol. The number of aromatic nitrogens is 1. The number of rotatable bonds is 8. The van der Waals surface area contributed by atoms with Crippen LogP contribution in [0.3, 0.4) is 0 Å². The molecule has 0 unspecified atom stereocenters. The Morgan fingerprint density at radius 1 is 1.00 bits per heavy atom. The first-order valence-electron chi connectivity index (χ1n) is 12.4. The minimum atomic E-state index is -0.841. The first-order chi connectivity index (χ1) is 18.0. The van der Waals surface area contributed by atoms with Crippen molar-refractivity contribution in [1.82, 2.24) is 15.2 Å². The zero-order valence-electron chi connectivity index (χ0n) is 20.4. The van der Waals surface area contributed by atoms with E-state index in [2.05, 4.69) is 27.3 Å². The van der Waals surface area contributed by atoms with E-state index >= 15 is 0 Å². The maximum Gasteiger partial charge on any atom is 0.303 e. The Morgan fingerprint density at radius 2 is 1.78 bits per heavy atom. The van der Waals surface area contributed by atoms with Gasteiger partial charge in [-0.2, -0.15) is 0 Å². The standard InChI is InChI=1S/C29H29ClN4O3/c30-22-7-10-24-25(17-22)33-29(37)27(24)28(21-3-1-2-19(16-21)6-11-26(35)36)32-23-8-4-20(5-9-23)18-34-14-12-31-13-15-34/h1-5,7-10,16-17,31,33,37H,6,11-15,18H2,(H,35,36). The number of carboxylic acid groups (broad SMARTS) is 1. The number of nitrogens with one attached hydrogen (secondary N) is 2. The topological polar surface area (TPSA) is 101 Å². The molecule has 0 radical (unpaired) electrons. The van der Waals surface area contributed by atoms with Gasteiger partial charge in [0, 0.05) is 55.1 Å². The van der Waals surface area contributed by atoms with Gasteiger partial charge in [-0.05, 0) is 47.9 Å². The molecule has 0 atom stereocenters. The van der Waals surface area contributed by atoms with Gasteiger partial charge in [0.2, 0.25) is 0 Å². The van der Waals surface area contributed by atoms with E-state index in [1.54, 1.807) is 12.1 Å². The number of carboxylic acids is 1. The molecule has 0 saturated carbocycles. The van der Waals surface area contributed by atoms with Gasteiger partial charge in [0.05, 0.1) is 22.5 Å². The molecule has 1 fully saturated rings. The van der Waals surface area contributed by atoms with E-state index in [0.717, 1.165) is 54.9 Å². The predicted octanol–water partition coefficient (Wildman–Crippen LogP) is 5.12. The average molecular weight is 517 g/mol. The number of halogens is 1. The van der Waals surface area contributed by atoms with Gasteiger partial charge in [0.1, 0.15) is 0 Å². The third-order valence-electron chi connectivity index (χ3n) is 6.60. The van der Waals surface area contributed by atoms with Gasteiger partial charge in [0.25, 0.3) is 0 Å². The molecule has 1 aromatic heterocycles. The minimum absolute atomic E-state index is 0.00211. The number of fused-ring (bicyclic) bond motifs is 1. The van der Waals surface area contributed by atoms with Crippen molar-refractivity contribution < 1.29 is 15.0 Å². The minimum Gasteiger partial charge on any atom is -0.494 e. The number of hydrogen-bond acceptors (Lipinski definition) is 5. The normalized spacial score (nSPS) is 14.8. The Labute approximate surface area is 220 Å². The lowest BCUT2D eigenvalue weighted by molar-refractivity contribution is -0.136. The van der Waals surface area contributed by atoms with E-state index in [4.69, 9.17) is 21.7 Å². The third kappa shape index (κ3) is 6.02. The molecule has 1 aliphatic rings. The predicted molar refractivity (Wildman–Crippen MR) is 147 cm³/mol. The Bertz CT molecular complexity index is 1440. The number of aromatic hydroxyl groups is 1. The van der Waals surface area contributed by atoms with Crippen LogP contribution in [0.15, 0.2) is 71.7 Å². The Morgan fingerprint density at radius 3 is 2.54 bits per heavy atom. The van der Waals surface area contributed by atoms with Crippen molar-refractivity contribution in [2.75, 3.05) is 26.2 Å². The summed E-state index contributed by atoms with van der Waals surface area (Å²) in [6.45, 7) is 4.99. The lowest BCUT2D eigenvalue weighted by Gasteiger charge is -2.27. The number of hydrogen-bond donors (Lipinski definition) is 4. The quantitative estimate of drug-likeness (QED) is 0.244. The number of nitrogens with zero attached hydrogens (tertiary/aromatic N) is 2. The SMILES string of the molecule is O=C(O)CCc1cccc(C(=Nc2ccc(CN3CCNCC3)cc2)c2c(O)[nH]c3cc(Cl)ccc23)c1. The first kappa shape index (κ1) is 25.0. The molecule has 37 heavy (non-hydrogen) atoms. The molecule has 4 aromatic rings. The number of benzene rings is 3. The number of H-pyrrole nitrogens is 1. The first-order valence-corrected chi connectivity index (χ1v) is 12.8. The smallest absolute Gasteiger partial charge is 0.303 e. The molecule has 2 heterocycles.